The number of benzene rings is 7. The molecule has 0 radical (unpaired) electrons. The Morgan fingerprint density at radius 3 is 1.13 bits per heavy atom. The van der Waals surface area contributed by atoms with Crippen LogP contribution in [0, 0.1) is 13.8 Å². The molecule has 47 heavy (non-hydrogen) atoms. The molecule has 0 N–H and O–H groups in total. The minimum Gasteiger partial charge on any atom is -0.296 e. The van der Waals surface area contributed by atoms with Gasteiger partial charge in [-0.2, -0.15) is 0 Å². The zero-order valence-corrected chi connectivity index (χ0v) is 26.6. The molecule has 1 aromatic heterocycles. The molecule has 1 heterocycles. The fourth-order valence-corrected chi connectivity index (χ4v) is 6.70. The van der Waals surface area contributed by atoms with Crippen molar-refractivity contribution in [2.45, 2.75) is 13.8 Å². The molecular weight excluding hydrogens is 571 g/mol. The monoisotopic (exact) mass is 605 g/mol. The first kappa shape index (κ1) is 28.4. The quantitative estimate of drug-likeness (QED) is 0.179. The summed E-state index contributed by atoms with van der Waals surface area (Å²) in [7, 11) is 0. The molecule has 0 fully saturated rings. The van der Waals surface area contributed by atoms with Gasteiger partial charge in [0, 0.05) is 28.4 Å². The first-order valence-corrected chi connectivity index (χ1v) is 16.1. The first-order valence-electron chi connectivity index (χ1n) is 16.1. The second-order valence-corrected chi connectivity index (χ2v) is 12.0. The number of hydrogen-bond donors (Lipinski definition) is 0. The highest BCUT2D eigenvalue weighted by atomic mass is 15.3. The Bertz CT molecular complexity index is 2180. The van der Waals surface area contributed by atoms with Crippen LogP contribution < -0.4 is 9.80 Å². The van der Waals surface area contributed by atoms with Crippen molar-refractivity contribution in [3.63, 3.8) is 0 Å². The number of rotatable bonds is 7. The summed E-state index contributed by atoms with van der Waals surface area (Å²) in [6.07, 6.45) is 0. The van der Waals surface area contributed by atoms with Crippen LogP contribution in [0.4, 0.5) is 34.4 Å². The third kappa shape index (κ3) is 5.12. The molecule has 0 saturated carbocycles. The van der Waals surface area contributed by atoms with E-state index in [1.54, 1.807) is 0 Å². The summed E-state index contributed by atoms with van der Waals surface area (Å²) in [4.78, 5) is 4.82. The molecule has 226 valence electrons. The van der Waals surface area contributed by atoms with Crippen LogP contribution in [0.25, 0.3) is 27.2 Å². The second-order valence-electron chi connectivity index (χ2n) is 12.0. The Hall–Kier alpha value is -6.06. The van der Waals surface area contributed by atoms with Gasteiger partial charge in [-0.15, -0.1) is 0 Å². The van der Waals surface area contributed by atoms with Crippen LogP contribution in [0.15, 0.2) is 176 Å². The van der Waals surface area contributed by atoms with E-state index in [9.17, 15) is 0 Å². The van der Waals surface area contributed by atoms with E-state index in [2.05, 4.69) is 204 Å². The molecule has 0 amide bonds. The first-order chi connectivity index (χ1) is 23.2. The summed E-state index contributed by atoms with van der Waals surface area (Å²) in [5, 5.41) is 4.87. The SMILES string of the molecule is Cc1c(C)c(N(c2ccccc2)c2ccc3ccccc3c2)n(-c2ccccc2)c1N(c1ccccc1)c1ccc2ccccc2c1. The molecule has 0 spiro atoms. The molecule has 0 aliphatic rings. The van der Waals surface area contributed by atoms with E-state index < -0.39 is 0 Å². The minimum absolute atomic E-state index is 1.09. The lowest BCUT2D eigenvalue weighted by Crippen LogP contribution is -2.19. The highest BCUT2D eigenvalue weighted by molar-refractivity contribution is 5.93. The highest BCUT2D eigenvalue weighted by Gasteiger charge is 2.30. The van der Waals surface area contributed by atoms with Crippen molar-refractivity contribution in [2.24, 2.45) is 0 Å². The highest BCUT2D eigenvalue weighted by Crippen LogP contribution is 2.48. The molecule has 8 rings (SSSR count). The van der Waals surface area contributed by atoms with Crippen molar-refractivity contribution in [3.8, 4) is 5.69 Å². The van der Waals surface area contributed by atoms with Gasteiger partial charge in [0.1, 0.15) is 11.6 Å². The third-order valence-corrected chi connectivity index (χ3v) is 9.11. The predicted octanol–water partition coefficient (Wildman–Crippen LogP) is 12.3. The molecule has 0 unspecified atom stereocenters. The number of hydrogen-bond acceptors (Lipinski definition) is 2. The van der Waals surface area contributed by atoms with Crippen LogP contribution in [0.1, 0.15) is 11.1 Å². The summed E-state index contributed by atoms with van der Waals surface area (Å²) in [5.41, 5.74) is 7.93. The van der Waals surface area contributed by atoms with E-state index in [4.69, 9.17) is 0 Å². The van der Waals surface area contributed by atoms with Crippen molar-refractivity contribution in [1.82, 2.24) is 4.57 Å². The van der Waals surface area contributed by atoms with Gasteiger partial charge < -0.3 is 0 Å². The normalized spacial score (nSPS) is 11.2. The number of para-hydroxylation sites is 3. The molecule has 3 nitrogen and oxygen atoms in total. The molecule has 0 bridgehead atoms. The zero-order chi connectivity index (χ0) is 31.7. The molecule has 0 aliphatic heterocycles. The van der Waals surface area contributed by atoms with Crippen LogP contribution in [-0.4, -0.2) is 4.57 Å². The van der Waals surface area contributed by atoms with Crippen LogP contribution >= 0.6 is 0 Å². The molecular formula is C44H35N3. The third-order valence-electron chi connectivity index (χ3n) is 9.11. The molecule has 7 aromatic carbocycles. The van der Waals surface area contributed by atoms with Gasteiger partial charge in [-0.3, -0.25) is 14.4 Å². The summed E-state index contributed by atoms with van der Waals surface area (Å²) >= 11 is 0. The van der Waals surface area contributed by atoms with Crippen molar-refractivity contribution >= 4 is 55.9 Å². The largest absolute Gasteiger partial charge is 0.296 e. The fourth-order valence-electron chi connectivity index (χ4n) is 6.70. The van der Waals surface area contributed by atoms with Gasteiger partial charge in [0.15, 0.2) is 0 Å². The van der Waals surface area contributed by atoms with Crippen molar-refractivity contribution in [1.29, 1.82) is 0 Å². The Kier molecular flexibility index (Phi) is 7.28. The molecule has 0 aliphatic carbocycles. The lowest BCUT2D eigenvalue weighted by atomic mass is 10.1. The minimum atomic E-state index is 1.09. The standard InChI is InChI=1S/C44H35N3/c1-32-33(2)44(46(39-22-8-4-9-23-39)42-29-27-35-17-13-15-19-37(35)31-42)47(40-24-10-5-11-25-40)43(32)45(38-20-6-3-7-21-38)41-28-26-34-16-12-14-18-36(34)30-41/h3-31H,1-2H3. The van der Waals surface area contributed by atoms with Gasteiger partial charge in [0.2, 0.25) is 0 Å². The zero-order valence-electron chi connectivity index (χ0n) is 26.6. The Morgan fingerprint density at radius 2 is 0.702 bits per heavy atom. The maximum atomic E-state index is 2.44. The van der Waals surface area contributed by atoms with E-state index in [1.165, 1.54) is 32.7 Å². The molecule has 8 aromatic rings. The van der Waals surface area contributed by atoms with E-state index in [1.807, 2.05) is 0 Å². The molecule has 0 saturated heterocycles. The van der Waals surface area contributed by atoms with Crippen molar-refractivity contribution in [3.05, 3.63) is 187 Å². The number of nitrogens with zero attached hydrogens (tertiary/aromatic N) is 3. The van der Waals surface area contributed by atoms with Gasteiger partial charge in [0.05, 0.1) is 0 Å². The molecule has 0 atom stereocenters. The lowest BCUT2D eigenvalue weighted by molar-refractivity contribution is 1.01. The summed E-state index contributed by atoms with van der Waals surface area (Å²) in [6.45, 7) is 4.52. The molecule has 3 heteroatoms. The fraction of sp³-hybridized carbons (Fsp3) is 0.0455. The van der Waals surface area contributed by atoms with Crippen LogP contribution in [0.2, 0.25) is 0 Å². The van der Waals surface area contributed by atoms with E-state index in [0.29, 0.717) is 0 Å². The van der Waals surface area contributed by atoms with Gasteiger partial charge in [-0.25, -0.2) is 0 Å². The summed E-state index contributed by atoms with van der Waals surface area (Å²) in [5.74, 6) is 2.21. The van der Waals surface area contributed by atoms with E-state index >= 15 is 0 Å². The second kappa shape index (κ2) is 12.0. The lowest BCUT2D eigenvalue weighted by Gasteiger charge is -2.31. The van der Waals surface area contributed by atoms with Crippen molar-refractivity contribution in [2.75, 3.05) is 9.80 Å². The van der Waals surface area contributed by atoms with E-state index in [0.717, 1.165) is 40.1 Å². The Morgan fingerprint density at radius 1 is 0.340 bits per heavy atom. The Labute approximate surface area is 276 Å². The maximum absolute atomic E-state index is 2.44. The van der Waals surface area contributed by atoms with Gasteiger partial charge in [0.25, 0.3) is 0 Å². The summed E-state index contributed by atoms with van der Waals surface area (Å²) < 4.78 is 2.44. The van der Waals surface area contributed by atoms with Gasteiger partial charge in [-0.1, -0.05) is 115 Å². The predicted molar refractivity (Wildman–Crippen MR) is 200 cm³/mol. The van der Waals surface area contributed by atoms with Gasteiger partial charge >= 0.3 is 0 Å². The average molecular weight is 606 g/mol. The van der Waals surface area contributed by atoms with Gasteiger partial charge in [-0.05, 0) is 107 Å². The smallest absolute Gasteiger partial charge is 0.127 e. The maximum Gasteiger partial charge on any atom is 0.127 e. The van der Waals surface area contributed by atoms with Crippen molar-refractivity contribution < 1.29 is 0 Å². The van der Waals surface area contributed by atoms with E-state index in [-0.39, 0.29) is 0 Å². The van der Waals surface area contributed by atoms with Crippen LogP contribution in [0.3, 0.4) is 0 Å². The average Bonchev–Trinajstić information content (AvgIpc) is 3.38. The number of aromatic nitrogens is 1. The topological polar surface area (TPSA) is 11.4 Å². The summed E-state index contributed by atoms with van der Waals surface area (Å²) in [6, 6.07) is 62.9. The number of fused-ring (bicyclic) bond motifs is 2. The number of anilines is 6. The van der Waals surface area contributed by atoms with Crippen LogP contribution in [0.5, 0.6) is 0 Å². The van der Waals surface area contributed by atoms with Crippen LogP contribution in [-0.2, 0) is 0 Å². The Balaban J connectivity index is 1.46.